The van der Waals surface area contributed by atoms with E-state index in [9.17, 15) is 4.79 Å². The van der Waals surface area contributed by atoms with E-state index in [4.69, 9.17) is 0 Å². The van der Waals surface area contributed by atoms with Crippen molar-refractivity contribution in [3.05, 3.63) is 81.5 Å². The van der Waals surface area contributed by atoms with Gasteiger partial charge >= 0.3 is 0 Å². The lowest BCUT2D eigenvalue weighted by molar-refractivity contribution is 0.112. The summed E-state index contributed by atoms with van der Waals surface area (Å²) in [6, 6.07) is 26.1. The fraction of sp³-hybridized carbons (Fsp3) is 0. The third-order valence-electron chi connectivity index (χ3n) is 5.00. The standard InChI is InChI=1S/C21H13BrOS2Si/c22-19-12-18-21(25-19)20-17(11-14(13-23)24-20)26(18,15-7-3-1-4-8-15)16-9-5-2-6-10-16/h1-13H. The van der Waals surface area contributed by atoms with Crippen LogP contribution in [0.3, 0.4) is 0 Å². The molecule has 5 rings (SSSR count). The number of fused-ring (bicyclic) bond motifs is 3. The summed E-state index contributed by atoms with van der Waals surface area (Å²) >= 11 is 7.11. The fourth-order valence-corrected chi connectivity index (χ4v) is 13.3. The molecule has 0 spiro atoms. The van der Waals surface area contributed by atoms with Gasteiger partial charge in [0, 0.05) is 9.75 Å². The van der Waals surface area contributed by atoms with E-state index in [1.165, 1.54) is 30.5 Å². The summed E-state index contributed by atoms with van der Waals surface area (Å²) < 4.78 is 1.15. The predicted molar refractivity (Wildman–Crippen MR) is 118 cm³/mol. The minimum atomic E-state index is -2.37. The average Bonchev–Trinajstić information content (AvgIpc) is 3.33. The van der Waals surface area contributed by atoms with Crippen LogP contribution in [-0.2, 0) is 0 Å². The highest BCUT2D eigenvalue weighted by Gasteiger charge is 2.50. The van der Waals surface area contributed by atoms with E-state index in [2.05, 4.69) is 88.7 Å². The van der Waals surface area contributed by atoms with E-state index in [1.54, 1.807) is 22.7 Å². The Morgan fingerprint density at radius 2 is 1.31 bits per heavy atom. The highest BCUT2D eigenvalue weighted by molar-refractivity contribution is 9.11. The molecule has 26 heavy (non-hydrogen) atoms. The lowest BCUT2D eigenvalue weighted by Crippen LogP contribution is -2.72. The van der Waals surface area contributed by atoms with Gasteiger partial charge in [-0.1, -0.05) is 60.7 Å². The zero-order valence-electron chi connectivity index (χ0n) is 13.6. The molecule has 2 aromatic carbocycles. The van der Waals surface area contributed by atoms with E-state index in [1.807, 2.05) is 0 Å². The van der Waals surface area contributed by atoms with Gasteiger partial charge in [-0.3, -0.25) is 4.79 Å². The molecule has 126 valence electrons. The Bertz CT molecular complexity index is 1080. The molecule has 3 heterocycles. The summed E-state index contributed by atoms with van der Waals surface area (Å²) in [4.78, 5) is 14.9. The summed E-state index contributed by atoms with van der Waals surface area (Å²) in [5.74, 6) is 0. The summed E-state index contributed by atoms with van der Waals surface area (Å²) in [7, 11) is -2.37. The molecule has 0 N–H and O–H groups in total. The molecule has 0 unspecified atom stereocenters. The molecule has 0 bridgehead atoms. The number of halogens is 1. The van der Waals surface area contributed by atoms with Gasteiger partial charge in [0.2, 0.25) is 0 Å². The number of aldehydes is 1. The van der Waals surface area contributed by atoms with Crippen LogP contribution < -0.4 is 20.7 Å². The number of rotatable bonds is 3. The molecule has 2 aromatic heterocycles. The highest BCUT2D eigenvalue weighted by atomic mass is 79.9. The van der Waals surface area contributed by atoms with Crippen LogP contribution in [0.1, 0.15) is 9.67 Å². The van der Waals surface area contributed by atoms with E-state index in [-0.39, 0.29) is 0 Å². The van der Waals surface area contributed by atoms with Crippen molar-refractivity contribution < 1.29 is 4.79 Å². The minimum absolute atomic E-state index is 0.814. The van der Waals surface area contributed by atoms with Crippen molar-refractivity contribution in [1.29, 1.82) is 0 Å². The summed E-state index contributed by atoms with van der Waals surface area (Å²) in [6.45, 7) is 0. The molecule has 0 amide bonds. The quantitative estimate of drug-likeness (QED) is 0.301. The van der Waals surface area contributed by atoms with E-state index in [0.29, 0.717) is 0 Å². The highest BCUT2D eigenvalue weighted by Crippen LogP contribution is 2.40. The second-order valence-corrected chi connectivity index (χ2v) is 13.5. The van der Waals surface area contributed by atoms with Gasteiger partial charge in [0.15, 0.2) is 14.4 Å². The first-order valence-corrected chi connectivity index (χ1v) is 12.7. The summed E-state index contributed by atoms with van der Waals surface area (Å²) in [6.07, 6.45) is 0.987. The molecule has 1 aliphatic heterocycles. The number of carbonyl (C=O) groups is 1. The van der Waals surface area contributed by atoms with Crippen molar-refractivity contribution in [1.82, 2.24) is 0 Å². The minimum Gasteiger partial charge on any atom is -0.297 e. The second kappa shape index (κ2) is 6.13. The number of thiophene rings is 2. The molecule has 0 saturated heterocycles. The smallest absolute Gasteiger partial charge is 0.182 e. The second-order valence-electron chi connectivity index (χ2n) is 6.28. The number of hydrogen-bond donors (Lipinski definition) is 0. The van der Waals surface area contributed by atoms with Gasteiger partial charge in [-0.25, -0.2) is 0 Å². The Morgan fingerprint density at radius 3 is 1.88 bits per heavy atom. The fourth-order valence-electron chi connectivity index (χ4n) is 4.03. The van der Waals surface area contributed by atoms with Crippen molar-refractivity contribution in [2.45, 2.75) is 0 Å². The zero-order valence-corrected chi connectivity index (χ0v) is 17.8. The van der Waals surface area contributed by atoms with Crippen LogP contribution in [0.2, 0.25) is 0 Å². The van der Waals surface area contributed by atoms with E-state index in [0.717, 1.165) is 14.9 Å². The lowest BCUT2D eigenvalue weighted by atomic mass is 10.4. The van der Waals surface area contributed by atoms with Crippen molar-refractivity contribution in [3.63, 3.8) is 0 Å². The third kappa shape index (κ3) is 2.15. The van der Waals surface area contributed by atoms with Crippen LogP contribution in [0.4, 0.5) is 0 Å². The monoisotopic (exact) mass is 452 g/mol. The van der Waals surface area contributed by atoms with Gasteiger partial charge < -0.3 is 0 Å². The predicted octanol–water partition coefficient (Wildman–Crippen LogP) is 3.74. The molecule has 5 heteroatoms. The van der Waals surface area contributed by atoms with Gasteiger partial charge in [-0.05, 0) is 48.8 Å². The van der Waals surface area contributed by atoms with Gasteiger partial charge in [-0.15, -0.1) is 22.7 Å². The normalized spacial score (nSPS) is 14.0. The molecule has 0 fully saturated rings. The van der Waals surface area contributed by atoms with Crippen molar-refractivity contribution in [2.24, 2.45) is 0 Å². The van der Waals surface area contributed by atoms with Crippen molar-refractivity contribution >= 4 is 73.7 Å². The maximum Gasteiger partial charge on any atom is 0.182 e. The Labute approximate surface area is 169 Å². The van der Waals surface area contributed by atoms with Crippen LogP contribution in [0.5, 0.6) is 0 Å². The molecule has 0 aliphatic carbocycles. The van der Waals surface area contributed by atoms with Gasteiger partial charge in [0.05, 0.1) is 8.66 Å². The van der Waals surface area contributed by atoms with Crippen LogP contribution >= 0.6 is 38.6 Å². The molecule has 0 radical (unpaired) electrons. The maximum atomic E-state index is 11.5. The summed E-state index contributed by atoms with van der Waals surface area (Å²) in [5, 5.41) is 5.53. The van der Waals surface area contributed by atoms with Crippen LogP contribution in [0.15, 0.2) is 76.6 Å². The van der Waals surface area contributed by atoms with E-state index < -0.39 is 8.07 Å². The van der Waals surface area contributed by atoms with Gasteiger partial charge in [0.1, 0.15) is 0 Å². The maximum absolute atomic E-state index is 11.5. The summed E-state index contributed by atoms with van der Waals surface area (Å²) in [5.41, 5.74) is 0. The molecular formula is C21H13BrOS2Si. The molecule has 1 nitrogen and oxygen atoms in total. The first-order valence-electron chi connectivity index (χ1n) is 8.26. The SMILES string of the molecule is O=Cc1cc2c(s1)-c1sc(Br)cc1[Si]2(c1ccccc1)c1ccccc1. The molecule has 1 aliphatic rings. The molecule has 0 atom stereocenters. The average molecular weight is 453 g/mol. The van der Waals surface area contributed by atoms with Crippen LogP contribution in [-0.4, -0.2) is 14.4 Å². The number of hydrogen-bond acceptors (Lipinski definition) is 3. The zero-order chi connectivity index (χ0) is 17.7. The van der Waals surface area contributed by atoms with Crippen molar-refractivity contribution in [3.8, 4) is 9.75 Å². The molecule has 0 saturated carbocycles. The number of carbonyl (C=O) groups excluding carboxylic acids is 1. The van der Waals surface area contributed by atoms with Gasteiger partial charge in [-0.2, -0.15) is 0 Å². The molecule has 4 aromatic rings. The first-order chi connectivity index (χ1) is 12.7. The largest absolute Gasteiger partial charge is 0.297 e. The lowest BCUT2D eigenvalue weighted by Gasteiger charge is -2.29. The topological polar surface area (TPSA) is 17.1 Å². The third-order valence-corrected chi connectivity index (χ3v) is 13.0. The van der Waals surface area contributed by atoms with Crippen molar-refractivity contribution in [2.75, 3.05) is 0 Å². The molecular weight excluding hydrogens is 440 g/mol. The Morgan fingerprint density at radius 1 is 0.769 bits per heavy atom. The first kappa shape index (κ1) is 16.4. The van der Waals surface area contributed by atoms with Crippen LogP contribution in [0, 0.1) is 0 Å². The number of benzene rings is 2. The Hall–Kier alpha value is -1.79. The van der Waals surface area contributed by atoms with Crippen LogP contribution in [0.25, 0.3) is 9.75 Å². The Balaban J connectivity index is 1.96. The Kier molecular flexibility index (Phi) is 3.86. The van der Waals surface area contributed by atoms with Gasteiger partial charge in [0.25, 0.3) is 0 Å². The van der Waals surface area contributed by atoms with E-state index >= 15 is 0 Å².